The fraction of sp³-hybridized carbons (Fsp3) is 0. The molecule has 0 N–H and O–H groups in total. The summed E-state index contributed by atoms with van der Waals surface area (Å²) >= 11 is 0. The van der Waals surface area contributed by atoms with Gasteiger partial charge in [-0.3, -0.25) is 0 Å². The van der Waals surface area contributed by atoms with E-state index in [1.807, 2.05) is 0 Å². The predicted molar refractivity (Wildman–Crippen MR) is 183 cm³/mol. The van der Waals surface area contributed by atoms with Gasteiger partial charge in [0.2, 0.25) is 0 Å². The monoisotopic (exact) mass is 546 g/mol. The number of furan rings is 1. The van der Waals surface area contributed by atoms with E-state index in [1.165, 1.54) is 65.7 Å². The highest BCUT2D eigenvalue weighted by atomic mass is 16.3. The summed E-state index contributed by atoms with van der Waals surface area (Å²) in [4.78, 5) is 0. The highest BCUT2D eigenvalue weighted by Crippen LogP contribution is 2.45. The highest BCUT2D eigenvalue weighted by Gasteiger charge is 2.19. The van der Waals surface area contributed by atoms with E-state index in [9.17, 15) is 0 Å². The summed E-state index contributed by atoms with van der Waals surface area (Å²) in [5.74, 6) is 0. The van der Waals surface area contributed by atoms with Gasteiger partial charge in [0.15, 0.2) is 0 Å². The number of hydrogen-bond donors (Lipinski definition) is 0. The van der Waals surface area contributed by atoms with Gasteiger partial charge in [0, 0.05) is 10.8 Å². The zero-order chi connectivity index (χ0) is 28.3. The average molecular weight is 547 g/mol. The Morgan fingerprint density at radius 1 is 0.326 bits per heavy atom. The Balaban J connectivity index is 1.36. The normalized spacial score (nSPS) is 11.7. The minimum atomic E-state index is 0.906. The molecular weight excluding hydrogens is 520 g/mol. The maximum atomic E-state index is 6.39. The van der Waals surface area contributed by atoms with Crippen molar-refractivity contribution >= 4 is 54.3 Å². The average Bonchev–Trinajstić information content (AvgIpc) is 3.45. The lowest BCUT2D eigenvalue weighted by Crippen LogP contribution is -1.91. The third-order valence-electron chi connectivity index (χ3n) is 8.84. The van der Waals surface area contributed by atoms with E-state index in [2.05, 4.69) is 158 Å². The van der Waals surface area contributed by atoms with Crippen LogP contribution < -0.4 is 0 Å². The Labute approximate surface area is 249 Å². The molecule has 0 atom stereocenters. The molecule has 0 aliphatic rings. The van der Waals surface area contributed by atoms with Crippen molar-refractivity contribution in [3.05, 3.63) is 158 Å². The van der Waals surface area contributed by atoms with Crippen LogP contribution in [0.5, 0.6) is 0 Å². The minimum Gasteiger partial charge on any atom is -0.456 e. The summed E-state index contributed by atoms with van der Waals surface area (Å²) in [6.07, 6.45) is 0. The topological polar surface area (TPSA) is 13.1 Å². The van der Waals surface area contributed by atoms with E-state index >= 15 is 0 Å². The van der Waals surface area contributed by atoms with Gasteiger partial charge in [-0.05, 0) is 90.0 Å². The summed E-state index contributed by atoms with van der Waals surface area (Å²) in [7, 11) is 0. The summed E-state index contributed by atoms with van der Waals surface area (Å²) < 4.78 is 6.39. The van der Waals surface area contributed by atoms with E-state index in [0.717, 1.165) is 21.9 Å². The Morgan fingerprint density at radius 2 is 0.907 bits per heavy atom. The molecule has 0 saturated heterocycles. The lowest BCUT2D eigenvalue weighted by Gasteiger charge is -2.18. The van der Waals surface area contributed by atoms with Crippen LogP contribution >= 0.6 is 0 Å². The molecule has 9 rings (SSSR count). The molecule has 0 radical (unpaired) electrons. The summed E-state index contributed by atoms with van der Waals surface area (Å²) in [5.41, 5.74) is 9.16. The van der Waals surface area contributed by atoms with Gasteiger partial charge in [0.25, 0.3) is 0 Å². The summed E-state index contributed by atoms with van der Waals surface area (Å²) in [6, 6.07) is 56.8. The molecular formula is C42H26O. The Bertz CT molecular complexity index is 2440. The van der Waals surface area contributed by atoms with Gasteiger partial charge in [0.1, 0.15) is 11.2 Å². The van der Waals surface area contributed by atoms with Gasteiger partial charge in [-0.1, -0.05) is 133 Å². The fourth-order valence-corrected chi connectivity index (χ4v) is 6.94. The van der Waals surface area contributed by atoms with Crippen LogP contribution in [0.1, 0.15) is 0 Å². The third kappa shape index (κ3) is 3.72. The van der Waals surface area contributed by atoms with Crippen LogP contribution in [0.3, 0.4) is 0 Å². The molecule has 0 fully saturated rings. The first kappa shape index (κ1) is 24.0. The van der Waals surface area contributed by atoms with E-state index in [1.54, 1.807) is 0 Å². The van der Waals surface area contributed by atoms with Gasteiger partial charge >= 0.3 is 0 Å². The van der Waals surface area contributed by atoms with Crippen molar-refractivity contribution in [2.75, 3.05) is 0 Å². The largest absolute Gasteiger partial charge is 0.456 e. The van der Waals surface area contributed by atoms with Gasteiger partial charge in [-0.2, -0.15) is 0 Å². The fourth-order valence-electron chi connectivity index (χ4n) is 6.94. The highest BCUT2D eigenvalue weighted by molar-refractivity contribution is 6.23. The molecule has 0 spiro atoms. The molecule has 0 unspecified atom stereocenters. The zero-order valence-corrected chi connectivity index (χ0v) is 23.4. The molecule has 8 aromatic carbocycles. The molecule has 0 aliphatic heterocycles. The quantitative estimate of drug-likeness (QED) is 0.201. The van der Waals surface area contributed by atoms with Crippen LogP contribution in [0.25, 0.3) is 87.6 Å². The molecule has 0 amide bonds. The lowest BCUT2D eigenvalue weighted by atomic mass is 9.85. The summed E-state index contributed by atoms with van der Waals surface area (Å²) in [5, 5.41) is 9.82. The molecule has 0 bridgehead atoms. The number of benzene rings is 8. The van der Waals surface area contributed by atoms with Crippen molar-refractivity contribution in [1.29, 1.82) is 0 Å². The van der Waals surface area contributed by atoms with Crippen molar-refractivity contribution in [2.45, 2.75) is 0 Å². The van der Waals surface area contributed by atoms with Crippen LogP contribution in [0, 0.1) is 0 Å². The van der Waals surface area contributed by atoms with E-state index in [-0.39, 0.29) is 0 Å². The molecule has 0 saturated carbocycles. The second-order valence-corrected chi connectivity index (χ2v) is 11.3. The summed E-state index contributed by atoms with van der Waals surface area (Å²) in [6.45, 7) is 0. The molecule has 0 aliphatic carbocycles. The lowest BCUT2D eigenvalue weighted by molar-refractivity contribution is 0.669. The van der Waals surface area contributed by atoms with E-state index in [0.29, 0.717) is 0 Å². The minimum absolute atomic E-state index is 0.906. The first-order valence-corrected chi connectivity index (χ1v) is 14.8. The number of rotatable bonds is 3. The van der Waals surface area contributed by atoms with Crippen molar-refractivity contribution < 1.29 is 4.42 Å². The maximum absolute atomic E-state index is 6.39. The predicted octanol–water partition coefficient (Wildman–Crippen LogP) is 12.0. The number of fused-ring (bicyclic) bond motifs is 6. The second kappa shape index (κ2) is 9.44. The maximum Gasteiger partial charge on any atom is 0.136 e. The standard InChI is InChI=1S/C42H26O/c1-2-12-28(13-3-1)32-19-10-20-39-42(32)37-26-31(23-24-38(37)43-39)41-35-17-8-6-15-33(35)40(34-16-7-9-18-36(34)41)30-22-21-27-11-4-5-14-29(27)25-30/h1-26H. The van der Waals surface area contributed by atoms with Crippen molar-refractivity contribution in [3.8, 4) is 33.4 Å². The molecule has 1 aromatic heterocycles. The Kier molecular flexibility index (Phi) is 5.27. The van der Waals surface area contributed by atoms with Gasteiger partial charge < -0.3 is 4.42 Å². The molecule has 9 aromatic rings. The van der Waals surface area contributed by atoms with Crippen molar-refractivity contribution in [2.24, 2.45) is 0 Å². The Hall–Kier alpha value is -5.66. The van der Waals surface area contributed by atoms with Crippen LogP contribution in [-0.2, 0) is 0 Å². The molecule has 1 nitrogen and oxygen atoms in total. The van der Waals surface area contributed by atoms with Crippen LogP contribution in [0.4, 0.5) is 0 Å². The molecule has 1 heterocycles. The third-order valence-corrected chi connectivity index (χ3v) is 8.84. The van der Waals surface area contributed by atoms with Crippen molar-refractivity contribution in [1.82, 2.24) is 0 Å². The van der Waals surface area contributed by atoms with Crippen LogP contribution in [0.15, 0.2) is 162 Å². The smallest absolute Gasteiger partial charge is 0.136 e. The van der Waals surface area contributed by atoms with Gasteiger partial charge in [-0.25, -0.2) is 0 Å². The first-order valence-electron chi connectivity index (χ1n) is 14.8. The first-order chi connectivity index (χ1) is 21.3. The second-order valence-electron chi connectivity index (χ2n) is 11.3. The van der Waals surface area contributed by atoms with E-state index < -0.39 is 0 Å². The molecule has 43 heavy (non-hydrogen) atoms. The van der Waals surface area contributed by atoms with Gasteiger partial charge in [0.05, 0.1) is 0 Å². The van der Waals surface area contributed by atoms with Gasteiger partial charge in [-0.15, -0.1) is 0 Å². The molecule has 200 valence electrons. The van der Waals surface area contributed by atoms with E-state index in [4.69, 9.17) is 4.42 Å². The number of hydrogen-bond acceptors (Lipinski definition) is 1. The molecule has 1 heteroatoms. The van der Waals surface area contributed by atoms with Crippen molar-refractivity contribution in [3.63, 3.8) is 0 Å². The SMILES string of the molecule is c1ccc(-c2cccc3oc4ccc(-c5c6ccccc6c(-c6ccc7ccccc7c6)c6ccccc56)cc4c23)cc1. The Morgan fingerprint density at radius 3 is 1.60 bits per heavy atom. The van der Waals surface area contributed by atoms with Crippen LogP contribution in [0.2, 0.25) is 0 Å². The zero-order valence-electron chi connectivity index (χ0n) is 23.4. The van der Waals surface area contributed by atoms with Crippen LogP contribution in [-0.4, -0.2) is 0 Å².